The predicted molar refractivity (Wildman–Crippen MR) is 77.6 cm³/mol. The van der Waals surface area contributed by atoms with E-state index in [9.17, 15) is 18.0 Å². The normalized spacial score (nSPS) is 12.6. The van der Waals surface area contributed by atoms with Gasteiger partial charge in [0.15, 0.2) is 9.84 Å². The lowest BCUT2D eigenvalue weighted by molar-refractivity contribution is 0.540. The molecule has 0 aliphatic carbocycles. The Morgan fingerprint density at radius 2 is 1.80 bits per heavy atom. The molecule has 1 rings (SSSR count). The van der Waals surface area contributed by atoms with Gasteiger partial charge in [0.1, 0.15) is 0 Å². The zero-order chi connectivity index (χ0) is 15.6. The van der Waals surface area contributed by atoms with Crippen molar-refractivity contribution in [2.24, 2.45) is 5.73 Å². The zero-order valence-electron chi connectivity index (χ0n) is 12.0. The summed E-state index contributed by atoms with van der Waals surface area (Å²) in [5.41, 5.74) is 4.37. The van der Waals surface area contributed by atoms with Crippen LogP contribution in [0, 0.1) is 0 Å². The highest BCUT2D eigenvalue weighted by Crippen LogP contribution is 2.15. The standard InChI is InChI=1S/C12H21N3O4S/c1-12(2,3)20(18,19)9-8-14-6-4-10(16)15(7-5-13)11(14)17/h4,6H,5,7-9,13H2,1-3H3. The molecule has 0 fully saturated rings. The topological polar surface area (TPSA) is 104 Å². The van der Waals surface area contributed by atoms with Crippen LogP contribution in [0.3, 0.4) is 0 Å². The average Bonchev–Trinajstić information content (AvgIpc) is 2.32. The Balaban J connectivity index is 3.05. The molecule has 0 saturated heterocycles. The molecule has 1 heterocycles. The first-order valence-corrected chi connectivity index (χ1v) is 7.98. The van der Waals surface area contributed by atoms with Gasteiger partial charge in [0, 0.05) is 31.9 Å². The highest BCUT2D eigenvalue weighted by molar-refractivity contribution is 7.92. The molecule has 0 atom stereocenters. The van der Waals surface area contributed by atoms with Crippen molar-refractivity contribution in [2.75, 3.05) is 12.3 Å². The van der Waals surface area contributed by atoms with Crippen LogP contribution in [0.2, 0.25) is 0 Å². The minimum absolute atomic E-state index is 0.0172. The molecule has 0 aliphatic heterocycles. The van der Waals surface area contributed by atoms with Crippen molar-refractivity contribution >= 4 is 9.84 Å². The Morgan fingerprint density at radius 1 is 1.20 bits per heavy atom. The number of nitrogens with zero attached hydrogens (tertiary/aromatic N) is 2. The second-order valence-corrected chi connectivity index (χ2v) is 8.36. The Bertz CT molecular complexity index is 680. The number of nitrogens with two attached hydrogens (primary N) is 1. The van der Waals surface area contributed by atoms with E-state index in [0.717, 1.165) is 4.57 Å². The van der Waals surface area contributed by atoms with Gasteiger partial charge in [0.2, 0.25) is 0 Å². The van der Waals surface area contributed by atoms with Gasteiger partial charge < -0.3 is 5.73 Å². The lowest BCUT2D eigenvalue weighted by Crippen LogP contribution is -2.42. The maximum atomic E-state index is 12.0. The third kappa shape index (κ3) is 3.57. The van der Waals surface area contributed by atoms with Crippen molar-refractivity contribution in [1.29, 1.82) is 0 Å². The van der Waals surface area contributed by atoms with Crippen molar-refractivity contribution in [2.45, 2.75) is 38.6 Å². The molecule has 2 N–H and O–H groups in total. The molecule has 0 radical (unpaired) electrons. The first-order chi connectivity index (χ1) is 9.10. The lowest BCUT2D eigenvalue weighted by atomic mass is 10.3. The number of sulfone groups is 1. The molecule has 0 aromatic carbocycles. The van der Waals surface area contributed by atoms with Crippen molar-refractivity contribution in [1.82, 2.24) is 9.13 Å². The molecule has 20 heavy (non-hydrogen) atoms. The van der Waals surface area contributed by atoms with Gasteiger partial charge >= 0.3 is 5.69 Å². The summed E-state index contributed by atoms with van der Waals surface area (Å²) in [6.45, 7) is 5.13. The van der Waals surface area contributed by atoms with Crippen LogP contribution in [0.25, 0.3) is 0 Å². The molecule has 7 nitrogen and oxygen atoms in total. The molecule has 0 aliphatic rings. The molecule has 0 amide bonds. The van der Waals surface area contributed by atoms with E-state index in [0.29, 0.717) is 0 Å². The van der Waals surface area contributed by atoms with Gasteiger partial charge in [-0.3, -0.25) is 13.9 Å². The second kappa shape index (κ2) is 5.92. The molecule has 0 saturated carbocycles. The fraction of sp³-hybridized carbons (Fsp3) is 0.667. The summed E-state index contributed by atoms with van der Waals surface area (Å²) >= 11 is 0. The first kappa shape index (κ1) is 16.6. The van der Waals surface area contributed by atoms with E-state index in [1.807, 2.05) is 0 Å². The van der Waals surface area contributed by atoms with Crippen LogP contribution >= 0.6 is 0 Å². The van der Waals surface area contributed by atoms with Gasteiger partial charge in [-0.1, -0.05) is 0 Å². The van der Waals surface area contributed by atoms with Crippen molar-refractivity contribution in [3.63, 3.8) is 0 Å². The van der Waals surface area contributed by atoms with Crippen molar-refractivity contribution in [3.8, 4) is 0 Å². The lowest BCUT2D eigenvalue weighted by Gasteiger charge is -2.19. The van der Waals surface area contributed by atoms with E-state index in [1.165, 1.54) is 16.8 Å². The van der Waals surface area contributed by atoms with Crippen molar-refractivity contribution < 1.29 is 8.42 Å². The number of hydrogen-bond acceptors (Lipinski definition) is 5. The molecule has 0 unspecified atom stereocenters. The third-order valence-electron chi connectivity index (χ3n) is 3.03. The smallest absolute Gasteiger partial charge is 0.329 e. The van der Waals surface area contributed by atoms with Crippen LogP contribution < -0.4 is 17.0 Å². The van der Waals surface area contributed by atoms with Gasteiger partial charge in [-0.25, -0.2) is 13.2 Å². The maximum absolute atomic E-state index is 12.0. The maximum Gasteiger partial charge on any atom is 0.331 e. The van der Waals surface area contributed by atoms with Gasteiger partial charge in [0.05, 0.1) is 10.5 Å². The molecule has 8 heteroatoms. The van der Waals surface area contributed by atoms with E-state index in [-0.39, 0.29) is 25.4 Å². The van der Waals surface area contributed by atoms with Crippen molar-refractivity contribution in [3.05, 3.63) is 33.1 Å². The highest BCUT2D eigenvalue weighted by Gasteiger charge is 2.28. The Hall–Kier alpha value is -1.41. The largest absolute Gasteiger partial charge is 0.331 e. The summed E-state index contributed by atoms with van der Waals surface area (Å²) in [6.07, 6.45) is 1.32. The van der Waals surface area contributed by atoms with Crippen LogP contribution in [0.15, 0.2) is 21.9 Å². The second-order valence-electron chi connectivity index (χ2n) is 5.50. The molecular weight excluding hydrogens is 282 g/mol. The molecule has 114 valence electrons. The van der Waals surface area contributed by atoms with Gasteiger partial charge in [-0.2, -0.15) is 0 Å². The molecule has 0 spiro atoms. The van der Waals surface area contributed by atoms with E-state index >= 15 is 0 Å². The fourth-order valence-electron chi connectivity index (χ4n) is 1.59. The summed E-state index contributed by atoms with van der Waals surface area (Å²) in [7, 11) is -3.32. The monoisotopic (exact) mass is 303 g/mol. The summed E-state index contributed by atoms with van der Waals surface area (Å²) in [5, 5.41) is 0. The summed E-state index contributed by atoms with van der Waals surface area (Å²) in [6, 6.07) is 1.24. The fourth-order valence-corrected chi connectivity index (χ4v) is 2.64. The summed E-state index contributed by atoms with van der Waals surface area (Å²) in [4.78, 5) is 23.5. The quantitative estimate of drug-likeness (QED) is 0.765. The van der Waals surface area contributed by atoms with Crippen LogP contribution in [0.1, 0.15) is 20.8 Å². The zero-order valence-corrected chi connectivity index (χ0v) is 12.8. The van der Waals surface area contributed by atoms with Gasteiger partial charge in [-0.05, 0) is 20.8 Å². The minimum atomic E-state index is -3.32. The Labute approximate surface area is 117 Å². The van der Waals surface area contributed by atoms with E-state index in [4.69, 9.17) is 5.73 Å². The van der Waals surface area contributed by atoms with Gasteiger partial charge in [-0.15, -0.1) is 0 Å². The Morgan fingerprint density at radius 3 is 2.30 bits per heavy atom. The molecule has 0 bridgehead atoms. The summed E-state index contributed by atoms with van der Waals surface area (Å²) in [5.74, 6) is -0.156. The molecular formula is C12H21N3O4S. The van der Waals surface area contributed by atoms with Crippen LogP contribution in [-0.2, 0) is 22.9 Å². The summed E-state index contributed by atoms with van der Waals surface area (Å²) < 4.78 is 25.4. The van der Waals surface area contributed by atoms with Crippen LogP contribution in [-0.4, -0.2) is 34.6 Å². The Kier molecular flexibility index (Phi) is 4.93. The van der Waals surface area contributed by atoms with Crippen LogP contribution in [0.4, 0.5) is 0 Å². The van der Waals surface area contributed by atoms with Crippen LogP contribution in [0.5, 0.6) is 0 Å². The van der Waals surface area contributed by atoms with E-state index < -0.39 is 25.8 Å². The number of rotatable bonds is 5. The highest BCUT2D eigenvalue weighted by atomic mass is 32.2. The average molecular weight is 303 g/mol. The molecule has 1 aromatic heterocycles. The number of aromatic nitrogens is 2. The minimum Gasteiger partial charge on any atom is -0.329 e. The predicted octanol–water partition coefficient (Wildman–Crippen LogP) is -0.818. The van der Waals surface area contributed by atoms with Gasteiger partial charge in [0.25, 0.3) is 5.56 Å². The van der Waals surface area contributed by atoms with E-state index in [2.05, 4.69) is 0 Å². The SMILES string of the molecule is CC(C)(C)S(=O)(=O)CCn1ccc(=O)n(CCN)c1=O. The third-order valence-corrected chi connectivity index (χ3v) is 5.61. The first-order valence-electron chi connectivity index (χ1n) is 6.33. The number of hydrogen-bond donors (Lipinski definition) is 1. The van der Waals surface area contributed by atoms with E-state index in [1.54, 1.807) is 20.8 Å². The number of aryl methyl sites for hydroxylation is 1. The molecule has 1 aromatic rings.